The van der Waals surface area contributed by atoms with Gasteiger partial charge in [0.05, 0.1) is 6.61 Å². The van der Waals surface area contributed by atoms with E-state index in [4.69, 9.17) is 14.9 Å². The van der Waals surface area contributed by atoms with E-state index in [9.17, 15) is 14.4 Å². The summed E-state index contributed by atoms with van der Waals surface area (Å²) in [6.45, 7) is -0.456. The van der Waals surface area contributed by atoms with E-state index in [1.165, 1.54) is 11.1 Å². The molecule has 180 valence electrons. The first kappa shape index (κ1) is 23.8. The van der Waals surface area contributed by atoms with Crippen LogP contribution < -0.4 is 5.32 Å². The van der Waals surface area contributed by atoms with Gasteiger partial charge in [-0.3, -0.25) is 9.59 Å². The second-order valence-corrected chi connectivity index (χ2v) is 8.98. The topological polar surface area (TPSA) is 116 Å². The van der Waals surface area contributed by atoms with E-state index in [0.29, 0.717) is 6.42 Å². The van der Waals surface area contributed by atoms with Gasteiger partial charge in [-0.15, -0.1) is 0 Å². The molecule has 1 saturated carbocycles. The number of carbonyl (C=O) groups is 3. The highest BCUT2D eigenvalue weighted by Crippen LogP contribution is 2.44. The molecule has 0 aromatic heterocycles. The van der Waals surface area contributed by atoms with Crippen molar-refractivity contribution in [1.29, 1.82) is 0 Å². The van der Waals surface area contributed by atoms with Gasteiger partial charge in [0.2, 0.25) is 5.91 Å². The third kappa shape index (κ3) is 5.39. The standard InChI is InChI=1S/C26H30N2O6/c29-12-11-28(15-25(31)32)24(30)14-17-9-10-18(13-17)27-26(33)34-16-23-21-7-3-1-5-19(21)20-6-2-4-8-22(20)23/h1-8,17-18,23,29H,9-16H2,(H,27,33)(H,31,32). The van der Waals surface area contributed by atoms with E-state index in [2.05, 4.69) is 29.6 Å². The average molecular weight is 467 g/mol. The number of aliphatic carboxylic acids is 1. The van der Waals surface area contributed by atoms with Crippen LogP contribution in [0.1, 0.15) is 42.7 Å². The molecule has 2 amide bonds. The minimum absolute atomic E-state index is 0.000713. The van der Waals surface area contributed by atoms with Crippen LogP contribution in [0.25, 0.3) is 11.1 Å². The van der Waals surface area contributed by atoms with Crippen molar-refractivity contribution in [1.82, 2.24) is 10.2 Å². The Morgan fingerprint density at radius 1 is 1.00 bits per heavy atom. The largest absolute Gasteiger partial charge is 0.480 e. The Hall–Kier alpha value is -3.39. The predicted octanol–water partition coefficient (Wildman–Crippen LogP) is 2.99. The first-order valence-electron chi connectivity index (χ1n) is 11.7. The number of amides is 2. The molecule has 0 bridgehead atoms. The number of rotatable bonds is 9. The van der Waals surface area contributed by atoms with Crippen molar-refractivity contribution in [2.24, 2.45) is 5.92 Å². The minimum Gasteiger partial charge on any atom is -0.480 e. The maximum atomic E-state index is 12.5. The molecule has 2 atom stereocenters. The number of hydrogen-bond acceptors (Lipinski definition) is 5. The first-order valence-corrected chi connectivity index (χ1v) is 11.7. The number of aliphatic hydroxyl groups is 1. The van der Waals surface area contributed by atoms with Crippen LogP contribution >= 0.6 is 0 Å². The number of carboxylic acid groups (broad SMARTS) is 1. The highest BCUT2D eigenvalue weighted by atomic mass is 16.5. The van der Waals surface area contributed by atoms with Crippen molar-refractivity contribution in [2.45, 2.75) is 37.6 Å². The number of nitrogens with zero attached hydrogens (tertiary/aromatic N) is 1. The van der Waals surface area contributed by atoms with Crippen molar-refractivity contribution in [3.05, 3.63) is 59.7 Å². The molecule has 3 N–H and O–H groups in total. The summed E-state index contributed by atoms with van der Waals surface area (Å²) in [7, 11) is 0. The molecule has 1 fully saturated rings. The van der Waals surface area contributed by atoms with Gasteiger partial charge in [0.1, 0.15) is 13.2 Å². The number of fused-ring (bicyclic) bond motifs is 3. The van der Waals surface area contributed by atoms with Crippen LogP contribution in [-0.4, -0.2) is 65.4 Å². The Kier molecular flexibility index (Phi) is 7.47. The Labute approximate surface area is 198 Å². The number of nitrogens with one attached hydrogen (secondary N) is 1. The lowest BCUT2D eigenvalue weighted by Crippen LogP contribution is -2.38. The van der Waals surface area contributed by atoms with Gasteiger partial charge in [-0.25, -0.2) is 4.79 Å². The molecule has 8 heteroatoms. The Bertz CT molecular complexity index is 1010. The summed E-state index contributed by atoms with van der Waals surface area (Å²) in [5, 5.41) is 21.0. The quantitative estimate of drug-likeness (QED) is 0.523. The van der Waals surface area contributed by atoms with Crippen molar-refractivity contribution in [3.8, 4) is 11.1 Å². The van der Waals surface area contributed by atoms with Gasteiger partial charge in [-0.2, -0.15) is 0 Å². The minimum atomic E-state index is -1.11. The van der Waals surface area contributed by atoms with Crippen molar-refractivity contribution >= 4 is 18.0 Å². The second-order valence-electron chi connectivity index (χ2n) is 8.98. The fraction of sp³-hybridized carbons (Fsp3) is 0.423. The fourth-order valence-electron chi connectivity index (χ4n) is 5.15. The highest BCUT2D eigenvalue weighted by molar-refractivity contribution is 5.81. The molecule has 4 rings (SSSR count). The zero-order valence-electron chi connectivity index (χ0n) is 19.0. The summed E-state index contributed by atoms with van der Waals surface area (Å²) in [6, 6.07) is 16.3. The number of ether oxygens (including phenoxy) is 1. The molecule has 8 nitrogen and oxygen atoms in total. The van der Waals surface area contributed by atoms with Crippen LogP contribution in [-0.2, 0) is 14.3 Å². The predicted molar refractivity (Wildman–Crippen MR) is 125 cm³/mol. The summed E-state index contributed by atoms with van der Waals surface area (Å²) in [6.07, 6.45) is 1.87. The van der Waals surface area contributed by atoms with Gasteiger partial charge < -0.3 is 25.2 Å². The van der Waals surface area contributed by atoms with Crippen LogP contribution in [0.5, 0.6) is 0 Å². The molecule has 2 unspecified atom stereocenters. The van der Waals surface area contributed by atoms with E-state index in [-0.39, 0.29) is 50.0 Å². The van der Waals surface area contributed by atoms with E-state index in [1.54, 1.807) is 0 Å². The number of carbonyl (C=O) groups excluding carboxylic acids is 2. The monoisotopic (exact) mass is 466 g/mol. The van der Waals surface area contributed by atoms with Crippen LogP contribution in [0, 0.1) is 5.92 Å². The van der Waals surface area contributed by atoms with E-state index in [0.717, 1.165) is 28.9 Å². The van der Waals surface area contributed by atoms with Gasteiger partial charge in [0, 0.05) is 24.9 Å². The molecular weight excluding hydrogens is 436 g/mol. The molecule has 0 heterocycles. The summed E-state index contributed by atoms with van der Waals surface area (Å²) < 4.78 is 5.61. The Morgan fingerprint density at radius 3 is 2.26 bits per heavy atom. The lowest BCUT2D eigenvalue weighted by atomic mass is 9.98. The number of alkyl carbamates (subject to hydrolysis) is 1. The maximum Gasteiger partial charge on any atom is 0.407 e. The Balaban J connectivity index is 1.27. The molecular formula is C26H30N2O6. The van der Waals surface area contributed by atoms with Crippen LogP contribution in [0.15, 0.2) is 48.5 Å². The SMILES string of the molecule is O=C(O)CN(CCO)C(=O)CC1CCC(NC(=O)OCC2c3ccccc3-c3ccccc32)C1. The maximum absolute atomic E-state index is 12.5. The fourth-order valence-corrected chi connectivity index (χ4v) is 5.15. The number of aliphatic hydroxyl groups excluding tert-OH is 1. The lowest BCUT2D eigenvalue weighted by Gasteiger charge is -2.21. The third-order valence-corrected chi connectivity index (χ3v) is 6.72. The number of carboxylic acids is 1. The summed E-state index contributed by atoms with van der Waals surface area (Å²) in [5.41, 5.74) is 4.66. The molecule has 0 aliphatic heterocycles. The Morgan fingerprint density at radius 2 is 1.65 bits per heavy atom. The molecule has 2 aromatic carbocycles. The number of benzene rings is 2. The van der Waals surface area contributed by atoms with Crippen LogP contribution in [0.4, 0.5) is 4.79 Å². The van der Waals surface area contributed by atoms with Crippen LogP contribution in [0.2, 0.25) is 0 Å². The van der Waals surface area contributed by atoms with E-state index >= 15 is 0 Å². The van der Waals surface area contributed by atoms with Crippen molar-refractivity contribution < 1.29 is 29.3 Å². The summed E-state index contributed by atoms with van der Waals surface area (Å²) >= 11 is 0. The number of hydrogen-bond donors (Lipinski definition) is 3. The van der Waals surface area contributed by atoms with Crippen molar-refractivity contribution in [3.63, 3.8) is 0 Å². The molecule has 0 saturated heterocycles. The average Bonchev–Trinajstić information content (AvgIpc) is 3.39. The van der Waals surface area contributed by atoms with Crippen LogP contribution in [0.3, 0.4) is 0 Å². The van der Waals surface area contributed by atoms with Gasteiger partial charge in [-0.05, 0) is 47.4 Å². The molecule has 0 spiro atoms. The molecule has 34 heavy (non-hydrogen) atoms. The van der Waals surface area contributed by atoms with Gasteiger partial charge >= 0.3 is 12.1 Å². The molecule has 2 aliphatic carbocycles. The zero-order valence-corrected chi connectivity index (χ0v) is 19.0. The highest BCUT2D eigenvalue weighted by Gasteiger charge is 2.31. The van der Waals surface area contributed by atoms with Gasteiger partial charge in [-0.1, -0.05) is 48.5 Å². The third-order valence-electron chi connectivity index (χ3n) is 6.72. The first-order chi connectivity index (χ1) is 16.5. The summed E-state index contributed by atoms with van der Waals surface area (Å²) in [4.78, 5) is 37.1. The molecule has 2 aliphatic rings. The van der Waals surface area contributed by atoms with E-state index < -0.39 is 18.6 Å². The molecule has 0 radical (unpaired) electrons. The van der Waals surface area contributed by atoms with Gasteiger partial charge in [0.25, 0.3) is 0 Å². The lowest BCUT2D eigenvalue weighted by molar-refractivity contribution is -0.145. The second kappa shape index (κ2) is 10.7. The normalized spacial score (nSPS) is 18.7. The smallest absolute Gasteiger partial charge is 0.407 e. The van der Waals surface area contributed by atoms with Crippen molar-refractivity contribution in [2.75, 3.05) is 26.3 Å². The summed E-state index contributed by atoms with van der Waals surface area (Å²) in [5.74, 6) is -1.34. The zero-order chi connectivity index (χ0) is 24.1. The molecule has 2 aromatic rings. The van der Waals surface area contributed by atoms with E-state index in [1.807, 2.05) is 24.3 Å². The van der Waals surface area contributed by atoms with Gasteiger partial charge in [0.15, 0.2) is 0 Å².